The van der Waals surface area contributed by atoms with Crippen LogP contribution in [0.5, 0.6) is 5.75 Å². The molecule has 0 amide bonds. The van der Waals surface area contributed by atoms with Gasteiger partial charge in [-0.2, -0.15) is 5.26 Å². The summed E-state index contributed by atoms with van der Waals surface area (Å²) in [5, 5.41) is 18.4. The smallest absolute Gasteiger partial charge is 0.140 e. The van der Waals surface area contributed by atoms with Gasteiger partial charge in [0.25, 0.3) is 0 Å². The van der Waals surface area contributed by atoms with Crippen molar-refractivity contribution in [3.05, 3.63) is 64.7 Å². The summed E-state index contributed by atoms with van der Waals surface area (Å²) in [6, 6.07) is 9.69. The number of halogens is 2. The molecule has 0 aliphatic heterocycles. The van der Waals surface area contributed by atoms with Gasteiger partial charge in [0.05, 0.1) is 11.7 Å². The predicted octanol–water partition coefficient (Wildman–Crippen LogP) is 3.47. The van der Waals surface area contributed by atoms with Gasteiger partial charge >= 0.3 is 0 Å². The normalized spacial score (nSPS) is 11.8. The Hall–Kier alpha value is -2.45. The first-order chi connectivity index (χ1) is 10.0. The van der Waals surface area contributed by atoms with Gasteiger partial charge in [-0.25, -0.2) is 8.78 Å². The molecule has 0 aliphatic carbocycles. The molecule has 0 saturated carbocycles. The first kappa shape index (κ1) is 14.9. The minimum atomic E-state index is -0.876. The zero-order valence-corrected chi connectivity index (χ0v) is 11.3. The summed E-state index contributed by atoms with van der Waals surface area (Å²) in [5.74, 6) is -0.714. The van der Waals surface area contributed by atoms with E-state index in [9.17, 15) is 13.9 Å². The van der Waals surface area contributed by atoms with E-state index in [2.05, 4.69) is 0 Å². The van der Waals surface area contributed by atoms with E-state index < -0.39 is 17.7 Å². The molecular formula is C16H13F2NO2. The summed E-state index contributed by atoms with van der Waals surface area (Å²) in [6.07, 6.45) is -0.876. The molecule has 0 spiro atoms. The fourth-order valence-electron chi connectivity index (χ4n) is 1.89. The van der Waals surface area contributed by atoms with E-state index in [4.69, 9.17) is 10.00 Å². The van der Waals surface area contributed by atoms with Crippen molar-refractivity contribution in [3.63, 3.8) is 0 Å². The van der Waals surface area contributed by atoms with Crippen molar-refractivity contribution in [1.29, 1.82) is 5.26 Å². The number of nitriles is 1. The maximum atomic E-state index is 13.2. The third-order valence-corrected chi connectivity index (χ3v) is 2.97. The molecule has 3 nitrogen and oxygen atoms in total. The van der Waals surface area contributed by atoms with Gasteiger partial charge in [-0.1, -0.05) is 6.07 Å². The Balaban J connectivity index is 2.19. The first-order valence-corrected chi connectivity index (χ1v) is 6.30. The van der Waals surface area contributed by atoms with E-state index in [0.717, 1.165) is 0 Å². The third-order valence-electron chi connectivity index (χ3n) is 2.97. The molecule has 21 heavy (non-hydrogen) atoms. The summed E-state index contributed by atoms with van der Waals surface area (Å²) in [5.41, 5.74) is 0.873. The van der Waals surface area contributed by atoms with E-state index >= 15 is 0 Å². The Morgan fingerprint density at radius 3 is 2.67 bits per heavy atom. The molecule has 108 valence electrons. The molecule has 0 aliphatic rings. The monoisotopic (exact) mass is 289 g/mol. The average molecular weight is 289 g/mol. The van der Waals surface area contributed by atoms with Gasteiger partial charge in [-0.3, -0.25) is 0 Å². The standard InChI is InChI=1S/C16H13F2NO2/c1-10(20)14-7-13(17)3-5-16(14)21-9-11-2-4-15(18)12(6-11)8-19/h2-7,10,20H,9H2,1H3. The second kappa shape index (κ2) is 6.33. The lowest BCUT2D eigenvalue weighted by Crippen LogP contribution is -2.02. The minimum Gasteiger partial charge on any atom is -0.489 e. The third kappa shape index (κ3) is 3.56. The Morgan fingerprint density at radius 2 is 2.00 bits per heavy atom. The molecule has 1 N–H and O–H groups in total. The number of rotatable bonds is 4. The van der Waals surface area contributed by atoms with Gasteiger partial charge in [0.2, 0.25) is 0 Å². The van der Waals surface area contributed by atoms with Crippen LogP contribution in [0.15, 0.2) is 36.4 Å². The highest BCUT2D eigenvalue weighted by Crippen LogP contribution is 2.26. The molecule has 0 saturated heterocycles. The summed E-state index contributed by atoms with van der Waals surface area (Å²) < 4.78 is 31.9. The highest BCUT2D eigenvalue weighted by molar-refractivity contribution is 5.37. The van der Waals surface area contributed by atoms with Crippen LogP contribution in [-0.4, -0.2) is 5.11 Å². The molecule has 0 aromatic heterocycles. The number of ether oxygens (including phenoxy) is 1. The lowest BCUT2D eigenvalue weighted by Gasteiger charge is -2.13. The Morgan fingerprint density at radius 1 is 1.24 bits per heavy atom. The molecule has 0 bridgehead atoms. The Bertz CT molecular complexity index is 693. The molecule has 0 radical (unpaired) electrons. The van der Waals surface area contributed by atoms with Crippen LogP contribution >= 0.6 is 0 Å². The van der Waals surface area contributed by atoms with Crippen molar-refractivity contribution in [2.45, 2.75) is 19.6 Å². The van der Waals surface area contributed by atoms with Crippen molar-refractivity contribution in [1.82, 2.24) is 0 Å². The fraction of sp³-hybridized carbons (Fsp3) is 0.188. The van der Waals surface area contributed by atoms with E-state index in [0.29, 0.717) is 16.9 Å². The molecular weight excluding hydrogens is 276 g/mol. The van der Waals surface area contributed by atoms with Crippen molar-refractivity contribution in [2.75, 3.05) is 0 Å². The van der Waals surface area contributed by atoms with E-state index in [-0.39, 0.29) is 12.2 Å². The number of hydrogen-bond acceptors (Lipinski definition) is 3. The number of aliphatic hydroxyl groups excluding tert-OH is 1. The van der Waals surface area contributed by atoms with Crippen LogP contribution in [0, 0.1) is 23.0 Å². The van der Waals surface area contributed by atoms with Gasteiger partial charge < -0.3 is 9.84 Å². The lowest BCUT2D eigenvalue weighted by atomic mass is 10.1. The van der Waals surface area contributed by atoms with Crippen molar-refractivity contribution < 1.29 is 18.6 Å². The zero-order valence-electron chi connectivity index (χ0n) is 11.3. The number of aliphatic hydroxyl groups is 1. The van der Waals surface area contributed by atoms with Crippen LogP contribution < -0.4 is 4.74 Å². The fourth-order valence-corrected chi connectivity index (χ4v) is 1.89. The van der Waals surface area contributed by atoms with E-state index in [1.807, 2.05) is 0 Å². The average Bonchev–Trinajstić information content (AvgIpc) is 2.47. The number of benzene rings is 2. The van der Waals surface area contributed by atoms with Crippen LogP contribution in [0.1, 0.15) is 29.7 Å². The summed E-state index contributed by atoms with van der Waals surface area (Å²) in [6.45, 7) is 1.59. The zero-order chi connectivity index (χ0) is 15.4. The molecule has 2 aromatic carbocycles. The van der Waals surface area contributed by atoms with Crippen LogP contribution in [0.2, 0.25) is 0 Å². The second-order valence-electron chi connectivity index (χ2n) is 4.57. The summed E-state index contributed by atoms with van der Waals surface area (Å²) >= 11 is 0. The van der Waals surface area contributed by atoms with E-state index in [1.54, 1.807) is 6.07 Å². The Labute approximate surface area is 121 Å². The van der Waals surface area contributed by atoms with Gasteiger partial charge in [0, 0.05) is 5.56 Å². The highest BCUT2D eigenvalue weighted by Gasteiger charge is 2.11. The predicted molar refractivity (Wildman–Crippen MR) is 72.5 cm³/mol. The molecule has 0 fully saturated rings. The van der Waals surface area contributed by atoms with Gasteiger partial charge in [0.1, 0.15) is 30.1 Å². The molecule has 2 rings (SSSR count). The Kier molecular flexibility index (Phi) is 4.51. The first-order valence-electron chi connectivity index (χ1n) is 6.30. The van der Waals surface area contributed by atoms with Crippen LogP contribution in [-0.2, 0) is 6.61 Å². The van der Waals surface area contributed by atoms with Crippen molar-refractivity contribution in [3.8, 4) is 11.8 Å². The van der Waals surface area contributed by atoms with Crippen LogP contribution in [0.4, 0.5) is 8.78 Å². The van der Waals surface area contributed by atoms with Gasteiger partial charge in [0.15, 0.2) is 0 Å². The quantitative estimate of drug-likeness (QED) is 0.937. The highest BCUT2D eigenvalue weighted by atomic mass is 19.1. The molecule has 2 aromatic rings. The summed E-state index contributed by atoms with van der Waals surface area (Å²) in [7, 11) is 0. The number of nitrogens with zero attached hydrogens (tertiary/aromatic N) is 1. The SMILES string of the molecule is CC(O)c1cc(F)ccc1OCc1ccc(F)c(C#N)c1. The largest absolute Gasteiger partial charge is 0.489 e. The van der Waals surface area contributed by atoms with E-state index in [1.165, 1.54) is 43.3 Å². The van der Waals surface area contributed by atoms with Gasteiger partial charge in [-0.05, 0) is 42.8 Å². The molecule has 1 unspecified atom stereocenters. The van der Waals surface area contributed by atoms with Crippen molar-refractivity contribution >= 4 is 0 Å². The molecule has 0 heterocycles. The van der Waals surface area contributed by atoms with Crippen LogP contribution in [0.25, 0.3) is 0 Å². The number of hydrogen-bond donors (Lipinski definition) is 1. The van der Waals surface area contributed by atoms with Gasteiger partial charge in [-0.15, -0.1) is 0 Å². The maximum absolute atomic E-state index is 13.2. The summed E-state index contributed by atoms with van der Waals surface area (Å²) in [4.78, 5) is 0. The topological polar surface area (TPSA) is 53.2 Å². The molecule has 5 heteroatoms. The minimum absolute atomic E-state index is 0.0639. The molecule has 1 atom stereocenters. The lowest BCUT2D eigenvalue weighted by molar-refractivity contribution is 0.189. The maximum Gasteiger partial charge on any atom is 0.140 e. The van der Waals surface area contributed by atoms with Crippen molar-refractivity contribution in [2.24, 2.45) is 0 Å². The van der Waals surface area contributed by atoms with Crippen LogP contribution in [0.3, 0.4) is 0 Å². The second-order valence-corrected chi connectivity index (χ2v) is 4.57.